The average molecular weight is 713 g/mol. The largest absolute Gasteiger partial charge is 0.309 e. The highest BCUT2D eigenvalue weighted by Gasteiger charge is 2.20. The lowest BCUT2D eigenvalue weighted by atomic mass is 10.0. The summed E-state index contributed by atoms with van der Waals surface area (Å²) in [5, 5.41) is 10.6. The zero-order valence-electron chi connectivity index (χ0n) is 30.3. The second-order valence-corrected chi connectivity index (χ2v) is 14.7. The van der Waals surface area contributed by atoms with Crippen LogP contribution in [0.15, 0.2) is 194 Å². The van der Waals surface area contributed by atoms with Crippen molar-refractivity contribution in [1.82, 2.24) is 19.1 Å². The molecule has 0 spiro atoms. The molecule has 0 saturated carbocycles. The molecule has 4 nitrogen and oxygen atoms in total. The summed E-state index contributed by atoms with van der Waals surface area (Å²) in [5.41, 5.74) is 9.95. The van der Waals surface area contributed by atoms with Crippen LogP contribution in [0.3, 0.4) is 0 Å². The van der Waals surface area contributed by atoms with Gasteiger partial charge < -0.3 is 4.57 Å². The zero-order chi connectivity index (χ0) is 36.7. The molecule has 0 fully saturated rings. The maximum Gasteiger partial charge on any atom is 0.162 e. The molecule has 0 N–H and O–H groups in total. The molecular weight excluding hydrogens is 681 g/mol. The Kier molecular flexibility index (Phi) is 6.60. The van der Waals surface area contributed by atoms with Gasteiger partial charge in [-0.25, -0.2) is 9.97 Å². The first kappa shape index (κ1) is 30.9. The Morgan fingerprint density at radius 1 is 0.304 bits per heavy atom. The van der Waals surface area contributed by atoms with Gasteiger partial charge >= 0.3 is 0 Å². The molecule has 0 aliphatic rings. The highest BCUT2D eigenvalue weighted by atomic mass is 15.1. The van der Waals surface area contributed by atoms with Crippen molar-refractivity contribution in [3.8, 4) is 34.0 Å². The number of hydrogen-bond donors (Lipinski definition) is 0. The van der Waals surface area contributed by atoms with Crippen LogP contribution in [0, 0.1) is 0 Å². The van der Waals surface area contributed by atoms with Crippen LogP contribution < -0.4 is 0 Å². The van der Waals surface area contributed by atoms with E-state index in [1.165, 1.54) is 59.7 Å². The van der Waals surface area contributed by atoms with E-state index in [0.717, 1.165) is 44.5 Å². The van der Waals surface area contributed by atoms with Gasteiger partial charge in [-0.15, -0.1) is 0 Å². The predicted octanol–water partition coefficient (Wildman–Crippen LogP) is 13.5. The summed E-state index contributed by atoms with van der Waals surface area (Å²) in [4.78, 5) is 10.7. The number of para-hydroxylation sites is 2. The molecule has 12 rings (SSSR count). The monoisotopic (exact) mass is 712 g/mol. The Morgan fingerprint density at radius 3 is 1.73 bits per heavy atom. The smallest absolute Gasteiger partial charge is 0.162 e. The van der Waals surface area contributed by atoms with E-state index in [-0.39, 0.29) is 0 Å². The molecule has 0 aliphatic carbocycles. The summed E-state index contributed by atoms with van der Waals surface area (Å²) >= 11 is 0. The lowest BCUT2D eigenvalue weighted by Crippen LogP contribution is -2.02. The SMILES string of the molecule is c1ccc(-c2ccc3c(c2)c2cc4ccccc4cc2n3-c2nc(-c3ccc4c(c3)c3ccccc3n4-c3ccc4ccccc4c3)nc3ccccc23)cc1. The molecule has 12 aromatic rings. The molecule has 0 bridgehead atoms. The number of hydrogen-bond acceptors (Lipinski definition) is 2. The highest BCUT2D eigenvalue weighted by Crippen LogP contribution is 2.40. The molecule has 0 unspecified atom stereocenters. The summed E-state index contributed by atoms with van der Waals surface area (Å²) in [6.07, 6.45) is 0. The Bertz CT molecular complexity index is 3540. The molecule has 0 saturated heterocycles. The fraction of sp³-hybridized carbons (Fsp3) is 0. The maximum atomic E-state index is 5.51. The molecule has 4 heteroatoms. The molecule has 9 aromatic carbocycles. The fourth-order valence-electron chi connectivity index (χ4n) is 8.81. The molecule has 0 amide bonds. The number of fused-ring (bicyclic) bond motifs is 9. The van der Waals surface area contributed by atoms with E-state index in [1.54, 1.807) is 0 Å². The summed E-state index contributed by atoms with van der Waals surface area (Å²) < 4.78 is 4.73. The van der Waals surface area contributed by atoms with Crippen LogP contribution in [0.5, 0.6) is 0 Å². The van der Waals surface area contributed by atoms with Gasteiger partial charge in [0.25, 0.3) is 0 Å². The first-order chi connectivity index (χ1) is 27.7. The average Bonchev–Trinajstić information content (AvgIpc) is 3.76. The second-order valence-electron chi connectivity index (χ2n) is 14.7. The van der Waals surface area contributed by atoms with Crippen molar-refractivity contribution in [3.05, 3.63) is 194 Å². The van der Waals surface area contributed by atoms with Crippen LogP contribution in [0.25, 0.3) is 110 Å². The van der Waals surface area contributed by atoms with Crippen molar-refractivity contribution in [3.63, 3.8) is 0 Å². The van der Waals surface area contributed by atoms with Crippen molar-refractivity contribution >= 4 is 76.1 Å². The van der Waals surface area contributed by atoms with E-state index in [2.05, 4.69) is 203 Å². The van der Waals surface area contributed by atoms with Crippen LogP contribution >= 0.6 is 0 Å². The van der Waals surface area contributed by atoms with E-state index >= 15 is 0 Å². The van der Waals surface area contributed by atoms with Gasteiger partial charge in [-0.05, 0) is 105 Å². The minimum atomic E-state index is 0.694. The normalized spacial score (nSPS) is 11.9. The first-order valence-corrected chi connectivity index (χ1v) is 19.1. The van der Waals surface area contributed by atoms with Crippen LogP contribution in [0.1, 0.15) is 0 Å². The molecular formula is C52H32N4. The molecule has 0 radical (unpaired) electrons. The Labute approximate surface area is 322 Å². The molecule has 0 aliphatic heterocycles. The molecule has 3 aromatic heterocycles. The van der Waals surface area contributed by atoms with Gasteiger partial charge in [0.2, 0.25) is 0 Å². The number of aromatic nitrogens is 4. The van der Waals surface area contributed by atoms with Crippen molar-refractivity contribution < 1.29 is 0 Å². The third kappa shape index (κ3) is 4.66. The molecule has 3 heterocycles. The molecule has 0 atom stereocenters. The van der Waals surface area contributed by atoms with Gasteiger partial charge in [-0.1, -0.05) is 121 Å². The lowest BCUT2D eigenvalue weighted by Gasteiger charge is -2.13. The van der Waals surface area contributed by atoms with Crippen molar-refractivity contribution in [2.75, 3.05) is 0 Å². The van der Waals surface area contributed by atoms with E-state index in [9.17, 15) is 0 Å². The van der Waals surface area contributed by atoms with Crippen LogP contribution in [0.2, 0.25) is 0 Å². The number of rotatable bonds is 4. The summed E-state index contributed by atoms with van der Waals surface area (Å²) in [5.74, 6) is 1.56. The topological polar surface area (TPSA) is 35.6 Å². The van der Waals surface area contributed by atoms with Crippen LogP contribution in [0.4, 0.5) is 0 Å². The van der Waals surface area contributed by atoms with Crippen molar-refractivity contribution in [2.45, 2.75) is 0 Å². The summed E-state index contributed by atoms with van der Waals surface area (Å²) in [6, 6.07) is 69.7. The van der Waals surface area contributed by atoms with Gasteiger partial charge in [0.05, 0.1) is 27.6 Å². The lowest BCUT2D eigenvalue weighted by molar-refractivity contribution is 1.08. The quantitative estimate of drug-likeness (QED) is 0.182. The van der Waals surface area contributed by atoms with Gasteiger partial charge in [0.1, 0.15) is 5.82 Å². The Hall–Kier alpha value is -7.56. The van der Waals surface area contributed by atoms with Gasteiger partial charge in [0, 0.05) is 38.2 Å². The van der Waals surface area contributed by atoms with E-state index in [0.29, 0.717) is 5.82 Å². The van der Waals surface area contributed by atoms with Crippen LogP contribution in [-0.4, -0.2) is 19.1 Å². The predicted molar refractivity (Wildman–Crippen MR) is 234 cm³/mol. The third-order valence-electron chi connectivity index (χ3n) is 11.5. The standard InChI is InChI=1S/C52H32N4/c1-2-12-33(13-3-1)38-23-26-49-44(30-38)45-29-36-16-6-7-17-37(36)32-50(45)56(49)52-42-19-8-10-20-46(42)53-51(54-52)39-24-27-48-43(31-39)41-18-9-11-21-47(41)55(48)40-25-22-34-14-4-5-15-35(34)28-40/h1-32H. The van der Waals surface area contributed by atoms with Crippen molar-refractivity contribution in [2.24, 2.45) is 0 Å². The van der Waals surface area contributed by atoms with E-state index in [1.807, 2.05) is 0 Å². The summed E-state index contributed by atoms with van der Waals surface area (Å²) in [6.45, 7) is 0. The Balaban J connectivity index is 1.11. The Morgan fingerprint density at radius 2 is 0.893 bits per heavy atom. The highest BCUT2D eigenvalue weighted by molar-refractivity contribution is 6.15. The third-order valence-corrected chi connectivity index (χ3v) is 11.5. The second kappa shape index (κ2) is 12.0. The molecule has 260 valence electrons. The number of nitrogens with zero attached hydrogens (tertiary/aromatic N) is 4. The fourth-order valence-corrected chi connectivity index (χ4v) is 8.81. The van der Waals surface area contributed by atoms with Crippen LogP contribution in [-0.2, 0) is 0 Å². The number of benzene rings is 9. The van der Waals surface area contributed by atoms with Crippen molar-refractivity contribution in [1.29, 1.82) is 0 Å². The maximum absolute atomic E-state index is 5.51. The van der Waals surface area contributed by atoms with Gasteiger partial charge in [-0.3, -0.25) is 4.57 Å². The van der Waals surface area contributed by atoms with E-state index < -0.39 is 0 Å². The minimum absolute atomic E-state index is 0.694. The zero-order valence-corrected chi connectivity index (χ0v) is 30.3. The minimum Gasteiger partial charge on any atom is -0.309 e. The van der Waals surface area contributed by atoms with Gasteiger partial charge in [0.15, 0.2) is 5.82 Å². The first-order valence-electron chi connectivity index (χ1n) is 19.1. The molecule has 56 heavy (non-hydrogen) atoms. The van der Waals surface area contributed by atoms with Gasteiger partial charge in [-0.2, -0.15) is 0 Å². The van der Waals surface area contributed by atoms with E-state index in [4.69, 9.17) is 9.97 Å². The summed E-state index contributed by atoms with van der Waals surface area (Å²) in [7, 11) is 0.